The number of ether oxygens (including phenoxy) is 1. The molecule has 2 aromatic carbocycles. The van der Waals surface area contributed by atoms with Crippen LogP contribution < -0.4 is 10.6 Å². The minimum atomic E-state index is -0.548. The summed E-state index contributed by atoms with van der Waals surface area (Å²) in [6, 6.07) is 12.1. The van der Waals surface area contributed by atoms with Crippen molar-refractivity contribution in [3.8, 4) is 11.4 Å². The molecule has 0 radical (unpaired) electrons. The van der Waals surface area contributed by atoms with E-state index in [-0.39, 0.29) is 36.2 Å². The summed E-state index contributed by atoms with van der Waals surface area (Å²) in [6.45, 7) is 3.89. The first-order chi connectivity index (χ1) is 14.4. The number of carbonyl (C=O) groups is 2. The second-order valence-electron chi connectivity index (χ2n) is 6.77. The van der Waals surface area contributed by atoms with Gasteiger partial charge >= 0.3 is 12.0 Å². The summed E-state index contributed by atoms with van der Waals surface area (Å²) in [5.74, 6) is -0.510. The molecule has 0 atom stereocenters. The Morgan fingerprint density at radius 1 is 1.10 bits per heavy atom. The van der Waals surface area contributed by atoms with Crippen LogP contribution in [-0.4, -0.2) is 28.2 Å². The average Bonchev–Trinajstić information content (AvgIpc) is 3.20. The van der Waals surface area contributed by atoms with E-state index in [1.54, 1.807) is 24.3 Å². The van der Waals surface area contributed by atoms with E-state index in [0.29, 0.717) is 17.7 Å². The van der Waals surface area contributed by atoms with Crippen molar-refractivity contribution >= 4 is 12.0 Å². The molecule has 156 valence electrons. The molecule has 8 nitrogen and oxygen atoms in total. The number of nitrogens with zero attached hydrogens (tertiary/aromatic N) is 2. The van der Waals surface area contributed by atoms with Crippen LogP contribution in [0.2, 0.25) is 0 Å². The van der Waals surface area contributed by atoms with Gasteiger partial charge < -0.3 is 19.9 Å². The Kier molecular flexibility index (Phi) is 6.74. The van der Waals surface area contributed by atoms with E-state index in [1.807, 2.05) is 13.8 Å². The standard InChI is InChI=1S/C21H21FN4O4/c1-13(2)24-21(28)23-11-14-3-5-16(6-4-14)20(27)29-12-18-25-19(26-30-18)15-7-9-17(22)10-8-15/h3-10,13H,11-12H2,1-2H3,(H2,23,24,28). The number of rotatable bonds is 7. The van der Waals surface area contributed by atoms with Gasteiger partial charge in [0.25, 0.3) is 5.89 Å². The molecule has 0 bridgehead atoms. The number of aromatic nitrogens is 2. The number of urea groups is 1. The predicted octanol–water partition coefficient (Wildman–Crippen LogP) is 3.44. The van der Waals surface area contributed by atoms with Crippen LogP contribution in [-0.2, 0) is 17.9 Å². The van der Waals surface area contributed by atoms with E-state index in [1.165, 1.54) is 24.3 Å². The lowest BCUT2D eigenvalue weighted by Crippen LogP contribution is -2.39. The smallest absolute Gasteiger partial charge is 0.338 e. The Morgan fingerprint density at radius 3 is 2.47 bits per heavy atom. The molecule has 0 aliphatic rings. The number of hydrogen-bond acceptors (Lipinski definition) is 6. The summed E-state index contributed by atoms with van der Waals surface area (Å²) in [5, 5.41) is 9.25. The van der Waals surface area contributed by atoms with Crippen LogP contribution in [0.15, 0.2) is 53.1 Å². The fourth-order valence-corrected chi connectivity index (χ4v) is 2.49. The summed E-state index contributed by atoms with van der Waals surface area (Å²) < 4.78 is 23.2. The third kappa shape index (κ3) is 5.87. The molecule has 0 aliphatic heterocycles. The topological polar surface area (TPSA) is 106 Å². The second-order valence-corrected chi connectivity index (χ2v) is 6.77. The Hall–Kier alpha value is -3.75. The van der Waals surface area contributed by atoms with Gasteiger partial charge in [0, 0.05) is 18.2 Å². The van der Waals surface area contributed by atoms with Gasteiger partial charge in [0.05, 0.1) is 5.56 Å². The van der Waals surface area contributed by atoms with Crippen molar-refractivity contribution in [2.45, 2.75) is 33.0 Å². The predicted molar refractivity (Wildman–Crippen MR) is 106 cm³/mol. The van der Waals surface area contributed by atoms with Crippen LogP contribution in [0.1, 0.15) is 35.7 Å². The highest BCUT2D eigenvalue weighted by molar-refractivity contribution is 5.89. The van der Waals surface area contributed by atoms with Crippen molar-refractivity contribution in [3.63, 3.8) is 0 Å². The van der Waals surface area contributed by atoms with Crippen LogP contribution in [0.3, 0.4) is 0 Å². The van der Waals surface area contributed by atoms with Gasteiger partial charge in [-0.1, -0.05) is 17.3 Å². The summed E-state index contributed by atoms with van der Waals surface area (Å²) >= 11 is 0. The number of esters is 1. The molecule has 30 heavy (non-hydrogen) atoms. The number of carbonyl (C=O) groups excluding carboxylic acids is 2. The van der Waals surface area contributed by atoms with E-state index >= 15 is 0 Å². The van der Waals surface area contributed by atoms with Gasteiger partial charge in [-0.3, -0.25) is 0 Å². The monoisotopic (exact) mass is 412 g/mol. The zero-order valence-corrected chi connectivity index (χ0v) is 16.5. The van der Waals surface area contributed by atoms with Crippen LogP contribution in [0.4, 0.5) is 9.18 Å². The molecule has 0 fully saturated rings. The highest BCUT2D eigenvalue weighted by Crippen LogP contribution is 2.16. The first kappa shape index (κ1) is 21.0. The minimum Gasteiger partial charge on any atom is -0.452 e. The van der Waals surface area contributed by atoms with Crippen molar-refractivity contribution < 1.29 is 23.2 Å². The van der Waals surface area contributed by atoms with Crippen molar-refractivity contribution in [3.05, 3.63) is 71.4 Å². The maximum Gasteiger partial charge on any atom is 0.338 e. The van der Waals surface area contributed by atoms with Crippen molar-refractivity contribution in [1.29, 1.82) is 0 Å². The maximum atomic E-state index is 13.0. The van der Waals surface area contributed by atoms with Gasteiger partial charge in [0.15, 0.2) is 6.61 Å². The first-order valence-electron chi connectivity index (χ1n) is 9.29. The Labute approximate surface area is 172 Å². The minimum absolute atomic E-state index is 0.0489. The SMILES string of the molecule is CC(C)NC(=O)NCc1ccc(C(=O)OCc2nc(-c3ccc(F)cc3)no2)cc1. The Balaban J connectivity index is 1.50. The average molecular weight is 412 g/mol. The second kappa shape index (κ2) is 9.64. The van der Waals surface area contributed by atoms with Gasteiger partial charge in [0.1, 0.15) is 5.82 Å². The summed E-state index contributed by atoms with van der Waals surface area (Å²) in [4.78, 5) is 27.9. The molecule has 3 aromatic rings. The molecule has 0 saturated heterocycles. The zero-order valence-electron chi connectivity index (χ0n) is 16.5. The molecule has 0 saturated carbocycles. The molecule has 2 amide bonds. The normalized spacial score (nSPS) is 10.7. The lowest BCUT2D eigenvalue weighted by molar-refractivity contribution is 0.0429. The molecule has 2 N–H and O–H groups in total. The lowest BCUT2D eigenvalue weighted by atomic mass is 10.1. The summed E-state index contributed by atoms with van der Waals surface area (Å²) in [7, 11) is 0. The van der Waals surface area contributed by atoms with Gasteiger partial charge in [-0.15, -0.1) is 0 Å². The number of amides is 2. The first-order valence-corrected chi connectivity index (χ1v) is 9.29. The Morgan fingerprint density at radius 2 is 1.80 bits per heavy atom. The summed E-state index contributed by atoms with van der Waals surface area (Å²) in [6.07, 6.45) is 0. The van der Waals surface area contributed by atoms with Crippen molar-refractivity contribution in [1.82, 2.24) is 20.8 Å². The summed E-state index contributed by atoms with van der Waals surface area (Å²) in [5.41, 5.74) is 1.78. The molecule has 9 heteroatoms. The fraction of sp³-hybridized carbons (Fsp3) is 0.238. The third-order valence-electron chi connectivity index (χ3n) is 3.96. The Bertz CT molecular complexity index is 1000. The van der Waals surface area contributed by atoms with E-state index < -0.39 is 5.97 Å². The molecule has 0 unspecified atom stereocenters. The largest absolute Gasteiger partial charge is 0.452 e. The van der Waals surface area contributed by atoms with Crippen LogP contribution in [0.5, 0.6) is 0 Å². The maximum absolute atomic E-state index is 13.0. The van der Waals surface area contributed by atoms with Crippen LogP contribution >= 0.6 is 0 Å². The molecule has 3 rings (SSSR count). The number of hydrogen-bond donors (Lipinski definition) is 2. The van der Waals surface area contributed by atoms with Gasteiger partial charge in [-0.2, -0.15) is 4.98 Å². The molecule has 0 aliphatic carbocycles. The fourth-order valence-electron chi connectivity index (χ4n) is 2.49. The van der Waals surface area contributed by atoms with Crippen molar-refractivity contribution in [2.24, 2.45) is 0 Å². The van der Waals surface area contributed by atoms with Crippen LogP contribution in [0, 0.1) is 5.82 Å². The third-order valence-corrected chi connectivity index (χ3v) is 3.96. The van der Waals surface area contributed by atoms with Crippen LogP contribution in [0.25, 0.3) is 11.4 Å². The van der Waals surface area contributed by atoms with E-state index in [4.69, 9.17) is 9.26 Å². The number of nitrogens with one attached hydrogen (secondary N) is 2. The molecular weight excluding hydrogens is 391 g/mol. The highest BCUT2D eigenvalue weighted by Gasteiger charge is 2.13. The number of benzene rings is 2. The molecule has 1 aromatic heterocycles. The van der Waals surface area contributed by atoms with E-state index in [0.717, 1.165) is 5.56 Å². The van der Waals surface area contributed by atoms with Crippen molar-refractivity contribution in [2.75, 3.05) is 0 Å². The van der Waals surface area contributed by atoms with E-state index in [9.17, 15) is 14.0 Å². The number of halogens is 1. The molecule has 1 heterocycles. The van der Waals surface area contributed by atoms with Gasteiger partial charge in [-0.05, 0) is 55.8 Å². The van der Waals surface area contributed by atoms with Gasteiger partial charge in [0.2, 0.25) is 5.82 Å². The molecular formula is C21H21FN4O4. The highest BCUT2D eigenvalue weighted by atomic mass is 19.1. The quantitative estimate of drug-likeness (QED) is 0.576. The van der Waals surface area contributed by atoms with Gasteiger partial charge in [-0.25, -0.2) is 14.0 Å². The van der Waals surface area contributed by atoms with E-state index in [2.05, 4.69) is 20.8 Å². The molecule has 0 spiro atoms. The lowest BCUT2D eigenvalue weighted by Gasteiger charge is -2.10. The zero-order chi connectivity index (χ0) is 21.5.